The number of rotatable bonds is 7. The molecule has 0 fully saturated rings. The van der Waals surface area contributed by atoms with Crippen molar-refractivity contribution in [1.82, 2.24) is 10.2 Å². The molecule has 5 nitrogen and oxygen atoms in total. The van der Waals surface area contributed by atoms with Gasteiger partial charge in [0.05, 0.1) is 20.3 Å². The molecule has 2 amide bonds. The van der Waals surface area contributed by atoms with Gasteiger partial charge < -0.3 is 20.1 Å². The minimum atomic E-state index is -0.332. The molecule has 0 radical (unpaired) electrons. The van der Waals surface area contributed by atoms with Gasteiger partial charge in [-0.1, -0.05) is 30.3 Å². The van der Waals surface area contributed by atoms with Crippen LogP contribution in [0.15, 0.2) is 42.5 Å². The lowest BCUT2D eigenvalue weighted by molar-refractivity contribution is 0.173. The van der Waals surface area contributed by atoms with Gasteiger partial charge in [-0.05, 0) is 30.2 Å². The van der Waals surface area contributed by atoms with Crippen molar-refractivity contribution in [2.75, 3.05) is 20.3 Å². The number of amides is 2. The number of nitrogens with one attached hydrogen (secondary N) is 1. The molecule has 0 unspecified atom stereocenters. The summed E-state index contributed by atoms with van der Waals surface area (Å²) >= 11 is 0. The first-order valence-corrected chi connectivity index (χ1v) is 8.05. The van der Waals surface area contributed by atoms with E-state index in [0.29, 0.717) is 23.4 Å². The lowest BCUT2D eigenvalue weighted by atomic mass is 10.1. The number of carbonyl (C=O) groups excluding carboxylic acids is 1. The summed E-state index contributed by atoms with van der Waals surface area (Å²) in [7, 11) is 1.57. The van der Waals surface area contributed by atoms with Crippen LogP contribution < -0.4 is 10.1 Å². The monoisotopic (exact) mass is 346 g/mol. The maximum atomic E-state index is 13.6. The standard InChI is InChI=1S/C19H23FN2O3/c1-14-7-8-15(11-17(14)20)12-21-19(24)22(9-10-23)13-16-5-3-4-6-18(16)25-2/h3-8,11,23H,9-10,12-13H2,1-2H3,(H,21,24). The molecule has 2 aromatic carbocycles. The van der Waals surface area contributed by atoms with Gasteiger partial charge in [0.25, 0.3) is 0 Å². The highest BCUT2D eigenvalue weighted by molar-refractivity contribution is 5.74. The van der Waals surface area contributed by atoms with E-state index in [1.165, 1.54) is 11.0 Å². The van der Waals surface area contributed by atoms with Crippen LogP contribution in [0.2, 0.25) is 0 Å². The van der Waals surface area contributed by atoms with E-state index >= 15 is 0 Å². The molecule has 0 heterocycles. The number of para-hydroxylation sites is 1. The Balaban J connectivity index is 2.03. The van der Waals surface area contributed by atoms with Gasteiger partial charge in [-0.15, -0.1) is 0 Å². The molecule has 0 bridgehead atoms. The summed E-state index contributed by atoms with van der Waals surface area (Å²) in [4.78, 5) is 13.9. The van der Waals surface area contributed by atoms with E-state index in [1.54, 1.807) is 26.2 Å². The summed E-state index contributed by atoms with van der Waals surface area (Å²) in [5.74, 6) is 0.381. The highest BCUT2D eigenvalue weighted by Gasteiger charge is 2.15. The maximum Gasteiger partial charge on any atom is 0.318 e. The van der Waals surface area contributed by atoms with Crippen molar-refractivity contribution in [3.8, 4) is 5.75 Å². The van der Waals surface area contributed by atoms with Gasteiger partial charge in [0.15, 0.2) is 0 Å². The van der Waals surface area contributed by atoms with Crippen LogP contribution in [-0.4, -0.2) is 36.3 Å². The van der Waals surface area contributed by atoms with Crippen molar-refractivity contribution in [3.63, 3.8) is 0 Å². The number of hydrogen-bond donors (Lipinski definition) is 2. The molecule has 134 valence electrons. The largest absolute Gasteiger partial charge is 0.496 e. The molecule has 6 heteroatoms. The number of halogens is 1. The van der Waals surface area contributed by atoms with Crippen LogP contribution in [0.25, 0.3) is 0 Å². The van der Waals surface area contributed by atoms with Gasteiger partial charge in [-0.2, -0.15) is 0 Å². The Morgan fingerprint density at radius 2 is 2.04 bits per heavy atom. The number of urea groups is 1. The van der Waals surface area contributed by atoms with Crippen LogP contribution in [0.1, 0.15) is 16.7 Å². The molecule has 25 heavy (non-hydrogen) atoms. The van der Waals surface area contributed by atoms with Gasteiger partial charge in [-0.25, -0.2) is 9.18 Å². The predicted octanol–water partition coefficient (Wildman–Crippen LogP) is 2.85. The van der Waals surface area contributed by atoms with Crippen molar-refractivity contribution in [1.29, 1.82) is 0 Å². The smallest absolute Gasteiger partial charge is 0.318 e. The average molecular weight is 346 g/mol. The van der Waals surface area contributed by atoms with Crippen molar-refractivity contribution >= 4 is 6.03 Å². The van der Waals surface area contributed by atoms with Crippen molar-refractivity contribution in [2.24, 2.45) is 0 Å². The predicted molar refractivity (Wildman–Crippen MR) is 93.9 cm³/mol. The molecular weight excluding hydrogens is 323 g/mol. The lowest BCUT2D eigenvalue weighted by Crippen LogP contribution is -2.40. The summed E-state index contributed by atoms with van der Waals surface area (Å²) in [5, 5.41) is 12.0. The minimum Gasteiger partial charge on any atom is -0.496 e. The first kappa shape index (κ1) is 18.7. The summed E-state index contributed by atoms with van der Waals surface area (Å²) in [6.45, 7) is 2.24. The van der Waals surface area contributed by atoms with Crippen molar-refractivity contribution < 1.29 is 19.0 Å². The fourth-order valence-corrected chi connectivity index (χ4v) is 2.45. The highest BCUT2D eigenvalue weighted by Crippen LogP contribution is 2.19. The van der Waals surface area contributed by atoms with E-state index in [4.69, 9.17) is 4.74 Å². The SMILES string of the molecule is COc1ccccc1CN(CCO)C(=O)NCc1ccc(C)c(F)c1. The van der Waals surface area contributed by atoms with Crippen molar-refractivity contribution in [3.05, 3.63) is 65.0 Å². The van der Waals surface area contributed by atoms with Crippen LogP contribution in [-0.2, 0) is 13.1 Å². The van der Waals surface area contributed by atoms with Gasteiger partial charge >= 0.3 is 6.03 Å². The van der Waals surface area contributed by atoms with Gasteiger partial charge in [0.1, 0.15) is 11.6 Å². The number of aliphatic hydroxyl groups excluding tert-OH is 1. The Morgan fingerprint density at radius 3 is 2.72 bits per heavy atom. The Bertz CT molecular complexity index is 722. The van der Waals surface area contributed by atoms with Crippen LogP contribution in [0, 0.1) is 12.7 Å². The van der Waals surface area contributed by atoms with E-state index in [1.807, 2.05) is 24.3 Å². The Kier molecular flexibility index (Phi) is 6.77. The summed E-state index contributed by atoms with van der Waals surface area (Å²) in [6, 6.07) is 11.9. The van der Waals surface area contributed by atoms with Crippen LogP contribution >= 0.6 is 0 Å². The maximum absolute atomic E-state index is 13.6. The topological polar surface area (TPSA) is 61.8 Å². The molecule has 2 aromatic rings. The molecule has 0 saturated heterocycles. The zero-order valence-corrected chi connectivity index (χ0v) is 14.5. The fourth-order valence-electron chi connectivity index (χ4n) is 2.45. The molecule has 0 saturated carbocycles. The van der Waals surface area contributed by atoms with E-state index in [2.05, 4.69) is 5.32 Å². The van der Waals surface area contributed by atoms with Crippen molar-refractivity contribution in [2.45, 2.75) is 20.0 Å². The normalized spacial score (nSPS) is 10.4. The number of nitrogens with zero attached hydrogens (tertiary/aromatic N) is 1. The zero-order valence-electron chi connectivity index (χ0n) is 14.5. The third kappa shape index (κ3) is 5.19. The highest BCUT2D eigenvalue weighted by atomic mass is 19.1. The molecule has 0 atom stereocenters. The number of aliphatic hydroxyl groups is 1. The van der Waals surface area contributed by atoms with Crippen LogP contribution in [0.3, 0.4) is 0 Å². The van der Waals surface area contributed by atoms with E-state index in [0.717, 1.165) is 5.56 Å². The van der Waals surface area contributed by atoms with Crippen LogP contribution in [0.5, 0.6) is 5.75 Å². The molecule has 2 N–H and O–H groups in total. The first-order chi connectivity index (χ1) is 12.0. The van der Waals surface area contributed by atoms with Crippen LogP contribution in [0.4, 0.5) is 9.18 Å². The molecule has 0 aliphatic carbocycles. The Hall–Kier alpha value is -2.60. The van der Waals surface area contributed by atoms with E-state index in [9.17, 15) is 14.3 Å². The molecule has 0 spiro atoms. The second-order valence-corrected chi connectivity index (χ2v) is 5.70. The first-order valence-electron chi connectivity index (χ1n) is 8.05. The summed E-state index contributed by atoms with van der Waals surface area (Å²) in [5.41, 5.74) is 2.08. The third-order valence-electron chi connectivity index (χ3n) is 3.89. The number of aryl methyl sites for hydroxylation is 1. The third-order valence-corrected chi connectivity index (χ3v) is 3.89. The molecule has 2 rings (SSSR count). The van der Waals surface area contributed by atoms with E-state index in [-0.39, 0.29) is 31.5 Å². The Morgan fingerprint density at radius 1 is 1.28 bits per heavy atom. The zero-order chi connectivity index (χ0) is 18.2. The lowest BCUT2D eigenvalue weighted by Gasteiger charge is -2.23. The number of methoxy groups -OCH3 is 1. The van der Waals surface area contributed by atoms with Gasteiger partial charge in [-0.3, -0.25) is 0 Å². The van der Waals surface area contributed by atoms with Gasteiger partial charge in [0, 0.05) is 18.7 Å². The van der Waals surface area contributed by atoms with E-state index < -0.39 is 0 Å². The van der Waals surface area contributed by atoms with Gasteiger partial charge in [0.2, 0.25) is 0 Å². The second kappa shape index (κ2) is 9.03. The number of benzene rings is 2. The molecule has 0 aliphatic heterocycles. The quantitative estimate of drug-likeness (QED) is 0.810. The number of carbonyl (C=O) groups is 1. The number of ether oxygens (including phenoxy) is 1. The molecular formula is C19H23FN2O3. The molecule has 0 aromatic heterocycles. The summed E-state index contributed by atoms with van der Waals surface area (Å²) < 4.78 is 18.9. The number of hydrogen-bond acceptors (Lipinski definition) is 3. The average Bonchev–Trinajstić information content (AvgIpc) is 2.62. The minimum absolute atomic E-state index is 0.151. The Labute approximate surface area is 147 Å². The second-order valence-electron chi connectivity index (χ2n) is 5.70. The summed E-state index contributed by atoms with van der Waals surface area (Å²) in [6.07, 6.45) is 0. The fraction of sp³-hybridized carbons (Fsp3) is 0.316. The molecule has 0 aliphatic rings.